The van der Waals surface area contributed by atoms with Gasteiger partial charge in [-0.15, -0.1) is 13.2 Å². The van der Waals surface area contributed by atoms with Crippen molar-refractivity contribution in [1.29, 1.82) is 5.26 Å². The lowest BCUT2D eigenvalue weighted by atomic mass is 10.0. The molecule has 0 fully saturated rings. The molecular weight excluding hydrogens is 310 g/mol. The van der Waals surface area contributed by atoms with Gasteiger partial charge in [0.2, 0.25) is 0 Å². The van der Waals surface area contributed by atoms with Gasteiger partial charge in [-0.25, -0.2) is 4.39 Å². The van der Waals surface area contributed by atoms with E-state index in [4.69, 9.17) is 16.9 Å². The highest BCUT2D eigenvalue weighted by molar-refractivity contribution is 6.30. The zero-order chi connectivity index (χ0) is 15.6. The van der Waals surface area contributed by atoms with Crippen molar-refractivity contribution in [3.05, 3.63) is 52.8 Å². The number of alkyl halides is 3. The SMILES string of the molecule is N#Cc1ccc(-c2ccc(Cl)c(F)c2)c(OC(F)(F)F)c1. The van der Waals surface area contributed by atoms with Gasteiger partial charge in [0, 0.05) is 5.56 Å². The van der Waals surface area contributed by atoms with Crippen LogP contribution in [-0.2, 0) is 0 Å². The van der Waals surface area contributed by atoms with Crippen molar-refractivity contribution in [2.75, 3.05) is 0 Å². The van der Waals surface area contributed by atoms with Crippen LogP contribution in [0.15, 0.2) is 36.4 Å². The predicted molar refractivity (Wildman–Crippen MR) is 68.2 cm³/mol. The van der Waals surface area contributed by atoms with Crippen molar-refractivity contribution in [2.24, 2.45) is 0 Å². The summed E-state index contributed by atoms with van der Waals surface area (Å²) in [6.45, 7) is 0. The molecule has 2 aromatic carbocycles. The minimum Gasteiger partial charge on any atom is -0.405 e. The first-order valence-corrected chi connectivity index (χ1v) is 5.93. The number of nitrogens with zero attached hydrogens (tertiary/aromatic N) is 1. The first-order valence-electron chi connectivity index (χ1n) is 5.55. The fourth-order valence-corrected chi connectivity index (χ4v) is 1.82. The van der Waals surface area contributed by atoms with Crippen LogP contribution < -0.4 is 4.74 Å². The van der Waals surface area contributed by atoms with Crippen molar-refractivity contribution in [1.82, 2.24) is 0 Å². The Hall–Kier alpha value is -2.26. The highest BCUT2D eigenvalue weighted by atomic mass is 35.5. The summed E-state index contributed by atoms with van der Waals surface area (Å²) in [6, 6.07) is 8.79. The lowest BCUT2D eigenvalue weighted by Gasteiger charge is -2.14. The molecule has 2 rings (SSSR count). The monoisotopic (exact) mass is 315 g/mol. The maximum Gasteiger partial charge on any atom is 0.573 e. The van der Waals surface area contributed by atoms with Crippen LogP contribution in [-0.4, -0.2) is 6.36 Å². The first-order chi connectivity index (χ1) is 9.80. The van der Waals surface area contributed by atoms with Crippen molar-refractivity contribution >= 4 is 11.6 Å². The molecule has 0 amide bonds. The standard InChI is InChI=1S/C14H6ClF4NO/c15-11-4-2-9(6-12(11)16)10-3-1-8(7-20)5-13(10)21-14(17,18)19/h1-6H. The maximum absolute atomic E-state index is 13.4. The predicted octanol–water partition coefficient (Wildman–Crippen LogP) is 4.92. The van der Waals surface area contributed by atoms with Crippen LogP contribution in [0.2, 0.25) is 5.02 Å². The highest BCUT2D eigenvalue weighted by Gasteiger charge is 2.32. The van der Waals surface area contributed by atoms with Gasteiger partial charge in [-0.1, -0.05) is 17.7 Å². The molecule has 0 atom stereocenters. The topological polar surface area (TPSA) is 33.0 Å². The van der Waals surface area contributed by atoms with Gasteiger partial charge >= 0.3 is 6.36 Å². The molecule has 0 radical (unpaired) electrons. The van der Waals surface area contributed by atoms with Crippen molar-refractivity contribution in [2.45, 2.75) is 6.36 Å². The van der Waals surface area contributed by atoms with Gasteiger partial charge in [0.05, 0.1) is 16.7 Å². The van der Waals surface area contributed by atoms with Gasteiger partial charge in [-0.3, -0.25) is 0 Å². The van der Waals surface area contributed by atoms with E-state index in [-0.39, 0.29) is 21.7 Å². The Morgan fingerprint density at radius 3 is 2.38 bits per heavy atom. The van der Waals surface area contributed by atoms with Crippen molar-refractivity contribution < 1.29 is 22.3 Å². The van der Waals surface area contributed by atoms with Crippen LogP contribution in [0.1, 0.15) is 5.56 Å². The molecule has 0 aliphatic heterocycles. The van der Waals surface area contributed by atoms with Crippen LogP contribution in [0.25, 0.3) is 11.1 Å². The third kappa shape index (κ3) is 3.64. The normalized spacial score (nSPS) is 11.0. The van der Waals surface area contributed by atoms with E-state index >= 15 is 0 Å². The molecule has 7 heteroatoms. The van der Waals surface area contributed by atoms with Crippen LogP contribution in [0, 0.1) is 17.1 Å². The largest absolute Gasteiger partial charge is 0.573 e. The summed E-state index contributed by atoms with van der Waals surface area (Å²) in [5.74, 6) is -1.35. The molecule has 0 unspecified atom stereocenters. The summed E-state index contributed by atoms with van der Waals surface area (Å²) in [7, 11) is 0. The summed E-state index contributed by atoms with van der Waals surface area (Å²) < 4.78 is 54.6. The summed E-state index contributed by atoms with van der Waals surface area (Å²) in [4.78, 5) is 0. The lowest BCUT2D eigenvalue weighted by molar-refractivity contribution is -0.274. The number of halogens is 5. The molecule has 0 saturated heterocycles. The van der Waals surface area contributed by atoms with E-state index in [1.807, 2.05) is 0 Å². The zero-order valence-electron chi connectivity index (χ0n) is 10.2. The molecular formula is C14H6ClF4NO. The molecule has 0 N–H and O–H groups in total. The Morgan fingerprint density at radius 1 is 1.10 bits per heavy atom. The fraction of sp³-hybridized carbons (Fsp3) is 0.0714. The lowest BCUT2D eigenvalue weighted by Crippen LogP contribution is -2.17. The third-order valence-electron chi connectivity index (χ3n) is 2.57. The minimum atomic E-state index is -4.92. The van der Waals surface area contributed by atoms with Crippen LogP contribution in [0.4, 0.5) is 17.6 Å². The van der Waals surface area contributed by atoms with E-state index in [9.17, 15) is 17.6 Å². The van der Waals surface area contributed by atoms with Crippen molar-refractivity contribution in [3.63, 3.8) is 0 Å². The Bertz CT molecular complexity index is 722. The molecule has 0 heterocycles. The van der Waals surface area contributed by atoms with Crippen LogP contribution in [0.3, 0.4) is 0 Å². The summed E-state index contributed by atoms with van der Waals surface area (Å²) >= 11 is 5.53. The molecule has 2 aromatic rings. The fourth-order valence-electron chi connectivity index (χ4n) is 1.70. The molecule has 0 spiro atoms. The van der Waals surface area contributed by atoms with Gasteiger partial charge in [0.1, 0.15) is 11.6 Å². The summed E-state index contributed by atoms with van der Waals surface area (Å²) in [6.07, 6.45) is -4.92. The third-order valence-corrected chi connectivity index (χ3v) is 2.87. The van der Waals surface area contributed by atoms with Gasteiger partial charge in [-0.2, -0.15) is 5.26 Å². The second-order valence-corrected chi connectivity index (χ2v) is 4.41. The van der Waals surface area contributed by atoms with Crippen LogP contribution >= 0.6 is 11.6 Å². The number of ether oxygens (including phenoxy) is 1. The van der Waals surface area contributed by atoms with E-state index in [0.717, 1.165) is 12.1 Å². The molecule has 108 valence electrons. The smallest absolute Gasteiger partial charge is 0.405 e. The van der Waals surface area contributed by atoms with Gasteiger partial charge in [0.15, 0.2) is 0 Å². The van der Waals surface area contributed by atoms with Crippen LogP contribution in [0.5, 0.6) is 5.75 Å². The summed E-state index contributed by atoms with van der Waals surface area (Å²) in [5.41, 5.74) is 0.148. The van der Waals surface area contributed by atoms with E-state index in [1.54, 1.807) is 6.07 Å². The summed E-state index contributed by atoms with van der Waals surface area (Å²) in [5, 5.41) is 8.59. The average molecular weight is 316 g/mol. The zero-order valence-corrected chi connectivity index (χ0v) is 11.0. The second kappa shape index (κ2) is 5.62. The Labute approximate surface area is 122 Å². The minimum absolute atomic E-state index is 0.00175. The number of rotatable bonds is 2. The molecule has 0 aliphatic carbocycles. The molecule has 21 heavy (non-hydrogen) atoms. The first kappa shape index (κ1) is 15.1. The van der Waals surface area contributed by atoms with E-state index in [2.05, 4.69) is 4.74 Å². The molecule has 0 aromatic heterocycles. The van der Waals surface area contributed by atoms with Crippen molar-refractivity contribution in [3.8, 4) is 22.9 Å². The number of hydrogen-bond acceptors (Lipinski definition) is 2. The molecule has 0 saturated carbocycles. The number of nitriles is 1. The Balaban J connectivity index is 2.56. The number of benzene rings is 2. The highest BCUT2D eigenvalue weighted by Crippen LogP contribution is 2.35. The van der Waals surface area contributed by atoms with Gasteiger partial charge in [0.25, 0.3) is 0 Å². The molecule has 2 nitrogen and oxygen atoms in total. The quantitative estimate of drug-likeness (QED) is 0.737. The van der Waals surface area contributed by atoms with E-state index in [1.165, 1.54) is 24.3 Å². The Kier molecular flexibility index (Phi) is 4.05. The molecule has 0 bridgehead atoms. The second-order valence-electron chi connectivity index (χ2n) is 4.00. The molecule has 0 aliphatic rings. The van der Waals surface area contributed by atoms with Gasteiger partial charge < -0.3 is 4.74 Å². The maximum atomic E-state index is 13.4. The Morgan fingerprint density at radius 2 is 1.81 bits per heavy atom. The van der Waals surface area contributed by atoms with Gasteiger partial charge in [-0.05, 0) is 35.9 Å². The van der Waals surface area contributed by atoms with E-state index < -0.39 is 17.9 Å². The van der Waals surface area contributed by atoms with E-state index in [0.29, 0.717) is 0 Å². The number of hydrogen-bond donors (Lipinski definition) is 0. The average Bonchev–Trinajstić information content (AvgIpc) is 2.40.